The van der Waals surface area contributed by atoms with Crippen molar-refractivity contribution in [2.24, 2.45) is 5.92 Å². The highest BCUT2D eigenvalue weighted by molar-refractivity contribution is 5.49. The Labute approximate surface area is 96.2 Å². The number of hydrogen-bond acceptors (Lipinski definition) is 4. The average Bonchev–Trinajstić information content (AvgIpc) is 2.77. The number of anilines is 2. The van der Waals surface area contributed by atoms with Gasteiger partial charge in [0.25, 0.3) is 0 Å². The zero-order valence-corrected chi connectivity index (χ0v) is 9.86. The van der Waals surface area contributed by atoms with E-state index < -0.39 is 0 Å². The van der Waals surface area contributed by atoms with Crippen LogP contribution in [0.2, 0.25) is 0 Å². The van der Waals surface area contributed by atoms with Crippen LogP contribution in [0.5, 0.6) is 0 Å². The molecule has 0 bridgehead atoms. The Balaban J connectivity index is 1.99. The monoisotopic (exact) mass is 221 g/mol. The van der Waals surface area contributed by atoms with Gasteiger partial charge in [-0.15, -0.1) is 0 Å². The SMILES string of the molecule is Cc1nc(NC(C)C2CCOC2)ccc1N. The number of nitrogens with one attached hydrogen (secondary N) is 1. The number of nitrogens with two attached hydrogens (primary N) is 1. The molecule has 2 unspecified atom stereocenters. The van der Waals surface area contributed by atoms with E-state index in [4.69, 9.17) is 10.5 Å². The van der Waals surface area contributed by atoms with Crippen LogP contribution in [-0.4, -0.2) is 24.2 Å². The second kappa shape index (κ2) is 4.70. The van der Waals surface area contributed by atoms with E-state index in [2.05, 4.69) is 17.2 Å². The van der Waals surface area contributed by atoms with Gasteiger partial charge < -0.3 is 15.8 Å². The van der Waals surface area contributed by atoms with Crippen LogP contribution < -0.4 is 11.1 Å². The zero-order chi connectivity index (χ0) is 11.5. The van der Waals surface area contributed by atoms with Crippen molar-refractivity contribution in [3.8, 4) is 0 Å². The van der Waals surface area contributed by atoms with E-state index in [1.54, 1.807) is 0 Å². The molecule has 2 atom stereocenters. The van der Waals surface area contributed by atoms with Gasteiger partial charge in [0.05, 0.1) is 18.0 Å². The van der Waals surface area contributed by atoms with E-state index >= 15 is 0 Å². The second-order valence-corrected chi connectivity index (χ2v) is 4.43. The lowest BCUT2D eigenvalue weighted by atomic mass is 10.0. The molecule has 0 aliphatic carbocycles. The molecule has 3 N–H and O–H groups in total. The van der Waals surface area contributed by atoms with Crippen LogP contribution in [0.1, 0.15) is 19.0 Å². The Kier molecular flexibility index (Phi) is 3.29. The van der Waals surface area contributed by atoms with Crippen molar-refractivity contribution in [1.82, 2.24) is 4.98 Å². The highest BCUT2D eigenvalue weighted by Crippen LogP contribution is 2.20. The summed E-state index contributed by atoms with van der Waals surface area (Å²) in [7, 11) is 0. The van der Waals surface area contributed by atoms with Gasteiger partial charge in [-0.1, -0.05) is 0 Å². The number of pyridine rings is 1. The first-order valence-corrected chi connectivity index (χ1v) is 5.74. The number of rotatable bonds is 3. The Morgan fingerprint density at radius 1 is 1.56 bits per heavy atom. The fraction of sp³-hybridized carbons (Fsp3) is 0.583. The molecule has 1 aliphatic rings. The van der Waals surface area contributed by atoms with Crippen LogP contribution in [0.25, 0.3) is 0 Å². The van der Waals surface area contributed by atoms with Crippen molar-refractivity contribution in [2.45, 2.75) is 26.3 Å². The molecule has 1 fully saturated rings. The van der Waals surface area contributed by atoms with E-state index in [1.807, 2.05) is 19.1 Å². The third-order valence-corrected chi connectivity index (χ3v) is 3.17. The van der Waals surface area contributed by atoms with E-state index in [-0.39, 0.29) is 0 Å². The molecule has 16 heavy (non-hydrogen) atoms. The summed E-state index contributed by atoms with van der Waals surface area (Å²) in [6, 6.07) is 4.20. The van der Waals surface area contributed by atoms with Gasteiger partial charge >= 0.3 is 0 Å². The highest BCUT2D eigenvalue weighted by Gasteiger charge is 2.22. The molecule has 1 aromatic heterocycles. The van der Waals surface area contributed by atoms with E-state index in [1.165, 1.54) is 0 Å². The van der Waals surface area contributed by atoms with Crippen molar-refractivity contribution >= 4 is 11.5 Å². The van der Waals surface area contributed by atoms with Crippen molar-refractivity contribution in [2.75, 3.05) is 24.3 Å². The molecule has 2 rings (SSSR count). The van der Waals surface area contributed by atoms with E-state index in [9.17, 15) is 0 Å². The number of aromatic nitrogens is 1. The molecule has 0 saturated carbocycles. The molecule has 0 amide bonds. The topological polar surface area (TPSA) is 60.2 Å². The Morgan fingerprint density at radius 3 is 3.00 bits per heavy atom. The van der Waals surface area contributed by atoms with Crippen molar-refractivity contribution < 1.29 is 4.74 Å². The van der Waals surface area contributed by atoms with Gasteiger partial charge in [-0.25, -0.2) is 4.98 Å². The Bertz CT molecular complexity index is 361. The maximum Gasteiger partial charge on any atom is 0.126 e. The molecule has 2 heterocycles. The van der Waals surface area contributed by atoms with Crippen LogP contribution in [0.4, 0.5) is 11.5 Å². The van der Waals surface area contributed by atoms with Gasteiger partial charge in [-0.3, -0.25) is 0 Å². The summed E-state index contributed by atoms with van der Waals surface area (Å²) < 4.78 is 5.38. The minimum absolute atomic E-state index is 0.387. The van der Waals surface area contributed by atoms with Gasteiger partial charge in [0.1, 0.15) is 5.82 Å². The summed E-state index contributed by atoms with van der Waals surface area (Å²) in [6.45, 7) is 5.82. The van der Waals surface area contributed by atoms with E-state index in [0.717, 1.165) is 36.8 Å². The summed E-state index contributed by atoms with van der Waals surface area (Å²) in [5, 5.41) is 3.41. The summed E-state index contributed by atoms with van der Waals surface area (Å²) in [6.07, 6.45) is 1.13. The van der Waals surface area contributed by atoms with Crippen molar-refractivity contribution in [1.29, 1.82) is 0 Å². The normalized spacial score (nSPS) is 22.0. The van der Waals surface area contributed by atoms with Gasteiger partial charge in [0.2, 0.25) is 0 Å². The van der Waals surface area contributed by atoms with Crippen LogP contribution in [0.15, 0.2) is 12.1 Å². The summed E-state index contributed by atoms with van der Waals surface area (Å²) in [5.74, 6) is 1.48. The lowest BCUT2D eigenvalue weighted by molar-refractivity contribution is 0.183. The third kappa shape index (κ3) is 2.44. The Morgan fingerprint density at radius 2 is 2.38 bits per heavy atom. The predicted octanol–water partition coefficient (Wildman–Crippen LogP) is 1.81. The molecule has 1 aromatic rings. The summed E-state index contributed by atoms with van der Waals surface area (Å²) in [4.78, 5) is 4.41. The molecule has 1 aliphatic heterocycles. The first-order chi connectivity index (χ1) is 7.66. The third-order valence-electron chi connectivity index (χ3n) is 3.17. The molecular formula is C12H19N3O. The van der Waals surface area contributed by atoms with Gasteiger partial charge in [0, 0.05) is 18.6 Å². The quantitative estimate of drug-likeness (QED) is 0.817. The lowest BCUT2D eigenvalue weighted by Crippen LogP contribution is -2.26. The minimum atomic E-state index is 0.387. The largest absolute Gasteiger partial charge is 0.397 e. The molecule has 0 spiro atoms. The summed E-state index contributed by atoms with van der Waals surface area (Å²) in [5.41, 5.74) is 7.34. The fourth-order valence-corrected chi connectivity index (χ4v) is 1.95. The number of hydrogen-bond donors (Lipinski definition) is 2. The number of nitrogen functional groups attached to an aromatic ring is 1. The standard InChI is InChI=1S/C12H19N3O/c1-8(10-5-6-16-7-10)14-12-4-3-11(13)9(2)15-12/h3-4,8,10H,5-7,13H2,1-2H3,(H,14,15). The molecule has 4 heteroatoms. The van der Waals surface area contributed by atoms with Crippen LogP contribution >= 0.6 is 0 Å². The maximum absolute atomic E-state index is 5.73. The molecular weight excluding hydrogens is 202 g/mol. The maximum atomic E-state index is 5.73. The van der Waals surface area contributed by atoms with Gasteiger partial charge in [0.15, 0.2) is 0 Å². The lowest BCUT2D eigenvalue weighted by Gasteiger charge is -2.20. The Hall–Kier alpha value is -1.29. The minimum Gasteiger partial charge on any atom is -0.397 e. The first kappa shape index (κ1) is 11.2. The zero-order valence-electron chi connectivity index (χ0n) is 9.86. The number of ether oxygens (including phenoxy) is 1. The first-order valence-electron chi connectivity index (χ1n) is 5.74. The second-order valence-electron chi connectivity index (χ2n) is 4.43. The molecule has 4 nitrogen and oxygen atoms in total. The number of aryl methyl sites for hydroxylation is 1. The van der Waals surface area contributed by atoms with Crippen LogP contribution in [-0.2, 0) is 4.74 Å². The van der Waals surface area contributed by atoms with Crippen molar-refractivity contribution in [3.05, 3.63) is 17.8 Å². The van der Waals surface area contributed by atoms with Crippen LogP contribution in [0.3, 0.4) is 0 Å². The van der Waals surface area contributed by atoms with Crippen molar-refractivity contribution in [3.63, 3.8) is 0 Å². The summed E-state index contributed by atoms with van der Waals surface area (Å²) >= 11 is 0. The van der Waals surface area contributed by atoms with E-state index in [0.29, 0.717) is 12.0 Å². The predicted molar refractivity (Wildman–Crippen MR) is 65.4 cm³/mol. The average molecular weight is 221 g/mol. The molecule has 0 radical (unpaired) electrons. The van der Waals surface area contributed by atoms with Gasteiger partial charge in [-0.05, 0) is 32.4 Å². The van der Waals surface area contributed by atoms with Crippen LogP contribution in [0, 0.1) is 12.8 Å². The highest BCUT2D eigenvalue weighted by atomic mass is 16.5. The molecule has 0 aromatic carbocycles. The van der Waals surface area contributed by atoms with Gasteiger partial charge in [-0.2, -0.15) is 0 Å². The molecule has 1 saturated heterocycles. The number of nitrogens with zero attached hydrogens (tertiary/aromatic N) is 1. The molecule has 88 valence electrons. The smallest absolute Gasteiger partial charge is 0.126 e. The fourth-order valence-electron chi connectivity index (χ4n) is 1.95.